The second-order valence-electron chi connectivity index (χ2n) is 6.88. The smallest absolute Gasteiger partial charge is 0.165 e. The summed E-state index contributed by atoms with van der Waals surface area (Å²) in [7, 11) is 1.58. The fraction of sp³-hybridized carbons (Fsp3) is 0.706. The van der Waals surface area contributed by atoms with E-state index in [-0.39, 0.29) is 0 Å². The Labute approximate surface area is 142 Å². The van der Waals surface area contributed by atoms with Gasteiger partial charge < -0.3 is 19.3 Å². The maximum Gasteiger partial charge on any atom is 0.165 e. The van der Waals surface area contributed by atoms with Crippen LogP contribution in [0.25, 0.3) is 11.2 Å². The topological polar surface area (TPSA) is 76.3 Å². The molecule has 24 heavy (non-hydrogen) atoms. The number of piperidine rings is 1. The molecule has 1 aliphatic rings. The van der Waals surface area contributed by atoms with Gasteiger partial charge in [0.2, 0.25) is 0 Å². The van der Waals surface area contributed by atoms with Crippen molar-refractivity contribution in [2.24, 2.45) is 5.92 Å². The van der Waals surface area contributed by atoms with Gasteiger partial charge in [0.25, 0.3) is 0 Å². The largest absolute Gasteiger partial charge is 0.389 e. The van der Waals surface area contributed by atoms with E-state index in [1.165, 1.54) is 19.3 Å². The van der Waals surface area contributed by atoms with Crippen molar-refractivity contribution in [3.63, 3.8) is 0 Å². The molecule has 3 rings (SSSR count). The van der Waals surface area contributed by atoms with Gasteiger partial charge in [0.05, 0.1) is 25.6 Å². The zero-order valence-electron chi connectivity index (χ0n) is 14.7. The molecular formula is C17H27N5O2. The summed E-state index contributed by atoms with van der Waals surface area (Å²) in [4.78, 5) is 15.9. The number of methoxy groups -OCH3 is 1. The molecule has 0 aromatic carbocycles. The highest BCUT2D eigenvalue weighted by Crippen LogP contribution is 2.31. The number of nitrogens with zero attached hydrogens (tertiary/aromatic N) is 5. The second-order valence-corrected chi connectivity index (χ2v) is 6.88. The van der Waals surface area contributed by atoms with Gasteiger partial charge >= 0.3 is 0 Å². The summed E-state index contributed by atoms with van der Waals surface area (Å²) >= 11 is 0. The van der Waals surface area contributed by atoms with Gasteiger partial charge in [-0.25, -0.2) is 15.0 Å². The van der Waals surface area contributed by atoms with Gasteiger partial charge in [-0.15, -0.1) is 0 Å². The van der Waals surface area contributed by atoms with Crippen LogP contribution in [0, 0.1) is 5.92 Å². The Hall–Kier alpha value is -1.73. The molecule has 7 nitrogen and oxygen atoms in total. The highest BCUT2D eigenvalue weighted by Gasteiger charge is 2.28. The van der Waals surface area contributed by atoms with Crippen LogP contribution in [0.4, 0.5) is 5.82 Å². The number of fused-ring (bicyclic) bond motifs is 1. The number of hydrogen-bond acceptors (Lipinski definition) is 6. The van der Waals surface area contributed by atoms with E-state index in [4.69, 9.17) is 4.74 Å². The number of imidazole rings is 1. The minimum absolute atomic E-state index is 0.291. The van der Waals surface area contributed by atoms with Crippen LogP contribution in [-0.4, -0.2) is 57.0 Å². The molecule has 0 saturated carbocycles. The van der Waals surface area contributed by atoms with Crippen molar-refractivity contribution in [1.29, 1.82) is 0 Å². The summed E-state index contributed by atoms with van der Waals surface area (Å²) in [6.07, 6.45) is 6.40. The second kappa shape index (κ2) is 7.44. The van der Waals surface area contributed by atoms with Crippen molar-refractivity contribution in [3.8, 4) is 0 Å². The van der Waals surface area contributed by atoms with Gasteiger partial charge in [0.1, 0.15) is 6.33 Å². The van der Waals surface area contributed by atoms with E-state index in [0.717, 1.165) is 23.5 Å². The zero-order chi connectivity index (χ0) is 17.1. The van der Waals surface area contributed by atoms with Crippen LogP contribution in [0.1, 0.15) is 33.1 Å². The van der Waals surface area contributed by atoms with Crippen molar-refractivity contribution in [2.45, 2.75) is 51.8 Å². The molecule has 3 heterocycles. The van der Waals surface area contributed by atoms with Gasteiger partial charge in [-0.2, -0.15) is 0 Å². The number of rotatable bonds is 6. The first kappa shape index (κ1) is 17.1. The fourth-order valence-corrected chi connectivity index (χ4v) is 3.60. The van der Waals surface area contributed by atoms with Crippen LogP contribution in [0.2, 0.25) is 0 Å². The fourth-order valence-electron chi connectivity index (χ4n) is 3.60. The molecule has 7 heteroatoms. The van der Waals surface area contributed by atoms with Crippen LogP contribution < -0.4 is 4.90 Å². The van der Waals surface area contributed by atoms with E-state index >= 15 is 0 Å². The lowest BCUT2D eigenvalue weighted by molar-refractivity contribution is 0.0543. The van der Waals surface area contributed by atoms with Crippen LogP contribution in [-0.2, 0) is 11.3 Å². The Bertz CT molecular complexity index is 672. The van der Waals surface area contributed by atoms with E-state index in [1.54, 1.807) is 19.8 Å². The number of aliphatic hydroxyl groups is 1. The summed E-state index contributed by atoms with van der Waals surface area (Å²) in [5, 5.41) is 9.99. The summed E-state index contributed by atoms with van der Waals surface area (Å²) in [5.41, 5.74) is 1.58. The molecule has 1 fully saturated rings. The third-order valence-electron chi connectivity index (χ3n) is 4.74. The normalized spacial score (nSPS) is 20.0. The number of aromatic nitrogens is 4. The molecule has 1 aliphatic heterocycles. The first-order chi connectivity index (χ1) is 11.6. The maximum atomic E-state index is 9.99. The predicted molar refractivity (Wildman–Crippen MR) is 93.0 cm³/mol. The van der Waals surface area contributed by atoms with Gasteiger partial charge in [-0.1, -0.05) is 13.8 Å². The van der Waals surface area contributed by atoms with Crippen molar-refractivity contribution < 1.29 is 9.84 Å². The Balaban J connectivity index is 1.93. The zero-order valence-corrected chi connectivity index (χ0v) is 14.7. The molecule has 0 aliphatic carbocycles. The third-order valence-corrected chi connectivity index (χ3v) is 4.74. The van der Waals surface area contributed by atoms with Crippen LogP contribution in [0.15, 0.2) is 12.7 Å². The number of anilines is 1. The molecule has 2 atom stereocenters. The van der Waals surface area contributed by atoms with Crippen molar-refractivity contribution in [1.82, 2.24) is 19.5 Å². The Kier molecular flexibility index (Phi) is 5.30. The minimum atomic E-state index is -0.579. The van der Waals surface area contributed by atoms with Crippen LogP contribution in [0.5, 0.6) is 0 Å². The highest BCUT2D eigenvalue weighted by atomic mass is 16.5. The third kappa shape index (κ3) is 3.37. The van der Waals surface area contributed by atoms with Gasteiger partial charge in [-0.3, -0.25) is 0 Å². The summed E-state index contributed by atoms with van der Waals surface area (Å²) in [6, 6.07) is 0.487. The van der Waals surface area contributed by atoms with E-state index < -0.39 is 6.10 Å². The van der Waals surface area contributed by atoms with Gasteiger partial charge in [0, 0.05) is 19.7 Å². The molecule has 0 spiro atoms. The lowest BCUT2D eigenvalue weighted by Gasteiger charge is -2.39. The van der Waals surface area contributed by atoms with Crippen LogP contribution in [0.3, 0.4) is 0 Å². The standard InChI is InChI=1S/C17H27N5O2/c1-12(2)14-6-4-5-7-22(14)17-15-16(18-10-19-17)21(11-20-15)8-13(23)9-24-3/h10-14,23H,4-9H2,1-3H3/t13-,14?/m1/s1. The van der Waals surface area contributed by atoms with E-state index in [9.17, 15) is 5.11 Å². The average molecular weight is 333 g/mol. The van der Waals surface area contributed by atoms with E-state index in [0.29, 0.717) is 25.1 Å². The van der Waals surface area contributed by atoms with E-state index in [1.807, 2.05) is 4.57 Å². The predicted octanol–water partition coefficient (Wildman–Crippen LogP) is 1.85. The maximum absolute atomic E-state index is 9.99. The number of ether oxygens (including phenoxy) is 1. The lowest BCUT2D eigenvalue weighted by atomic mass is 9.93. The molecule has 0 bridgehead atoms. The number of hydrogen-bond donors (Lipinski definition) is 1. The first-order valence-corrected chi connectivity index (χ1v) is 8.71. The van der Waals surface area contributed by atoms with Crippen LogP contribution >= 0.6 is 0 Å². The van der Waals surface area contributed by atoms with Crippen molar-refractivity contribution in [2.75, 3.05) is 25.2 Å². The van der Waals surface area contributed by atoms with Crippen molar-refractivity contribution >= 4 is 17.0 Å². The highest BCUT2D eigenvalue weighted by molar-refractivity contribution is 5.83. The number of aliphatic hydroxyl groups excluding tert-OH is 1. The summed E-state index contributed by atoms with van der Waals surface area (Å²) in [5.74, 6) is 1.49. The average Bonchev–Trinajstić information content (AvgIpc) is 2.98. The molecule has 1 unspecified atom stereocenters. The quantitative estimate of drug-likeness (QED) is 0.869. The minimum Gasteiger partial charge on any atom is -0.389 e. The molecular weight excluding hydrogens is 306 g/mol. The van der Waals surface area contributed by atoms with E-state index in [2.05, 4.69) is 33.7 Å². The molecule has 2 aromatic rings. The molecule has 132 valence electrons. The SMILES string of the molecule is COC[C@H](O)Cn1cnc2c(N3CCCCC3C(C)C)ncnc21. The van der Waals surface area contributed by atoms with Gasteiger partial charge in [-0.05, 0) is 25.2 Å². The Morgan fingerprint density at radius 2 is 2.12 bits per heavy atom. The molecule has 1 N–H and O–H groups in total. The monoisotopic (exact) mass is 333 g/mol. The first-order valence-electron chi connectivity index (χ1n) is 8.71. The van der Waals surface area contributed by atoms with Gasteiger partial charge in [0.15, 0.2) is 17.0 Å². The summed E-state index contributed by atoms with van der Waals surface area (Å²) in [6.45, 7) is 6.24. The summed E-state index contributed by atoms with van der Waals surface area (Å²) < 4.78 is 6.87. The Morgan fingerprint density at radius 1 is 1.29 bits per heavy atom. The molecule has 0 radical (unpaired) electrons. The Morgan fingerprint density at radius 3 is 2.88 bits per heavy atom. The van der Waals surface area contributed by atoms with Crippen molar-refractivity contribution in [3.05, 3.63) is 12.7 Å². The molecule has 2 aromatic heterocycles. The molecule has 1 saturated heterocycles. The molecule has 0 amide bonds. The lowest BCUT2D eigenvalue weighted by Crippen LogP contribution is -2.43.